The molecule has 0 saturated heterocycles. The zero-order chi connectivity index (χ0) is 22.8. The standard InChI is InChI=1S/C28H46O3/c1-17(7-8-18(2)26(3,4)31)22-11-12-23-21-10-9-19-15-20(29)16-25(30)28(19,6)24(21)13-14-27(22,23)5/h9-10,17-18,20,22-25,29-31H,7-8,11-16H2,1-6H3/t17?,18?,20-,22?,23?,24?,25+,27?,28?/m1/s1. The molecular weight excluding hydrogens is 384 g/mol. The summed E-state index contributed by atoms with van der Waals surface area (Å²) in [5, 5.41) is 31.6. The van der Waals surface area contributed by atoms with Crippen molar-refractivity contribution in [2.45, 2.75) is 111 Å². The lowest BCUT2D eigenvalue weighted by Gasteiger charge is -2.56. The Labute approximate surface area is 190 Å². The van der Waals surface area contributed by atoms with Gasteiger partial charge >= 0.3 is 0 Å². The Balaban J connectivity index is 1.53. The highest BCUT2D eigenvalue weighted by Gasteiger charge is 2.58. The van der Waals surface area contributed by atoms with Crippen LogP contribution in [0, 0.1) is 40.4 Å². The predicted molar refractivity (Wildman–Crippen MR) is 126 cm³/mol. The molecule has 0 radical (unpaired) electrons. The van der Waals surface area contributed by atoms with E-state index in [1.54, 1.807) is 5.57 Å². The predicted octanol–water partition coefficient (Wildman–Crippen LogP) is 5.64. The smallest absolute Gasteiger partial charge is 0.0661 e. The van der Waals surface area contributed by atoms with E-state index in [4.69, 9.17) is 0 Å². The first-order valence-electron chi connectivity index (χ1n) is 12.9. The summed E-state index contributed by atoms with van der Waals surface area (Å²) in [7, 11) is 0. The maximum absolute atomic E-state index is 11.1. The van der Waals surface area contributed by atoms with Gasteiger partial charge in [0.2, 0.25) is 0 Å². The van der Waals surface area contributed by atoms with Gasteiger partial charge in [0.05, 0.1) is 17.8 Å². The summed E-state index contributed by atoms with van der Waals surface area (Å²) in [6.07, 6.45) is 12.3. The summed E-state index contributed by atoms with van der Waals surface area (Å²) in [5.41, 5.74) is 2.41. The van der Waals surface area contributed by atoms with E-state index in [-0.39, 0.29) is 5.41 Å². The summed E-state index contributed by atoms with van der Waals surface area (Å²) in [5.74, 6) is 2.79. The van der Waals surface area contributed by atoms with Gasteiger partial charge in [-0.15, -0.1) is 0 Å². The Morgan fingerprint density at radius 2 is 1.74 bits per heavy atom. The van der Waals surface area contributed by atoms with Crippen LogP contribution in [0.15, 0.2) is 23.3 Å². The van der Waals surface area contributed by atoms with Crippen LogP contribution in [0.4, 0.5) is 0 Å². The minimum atomic E-state index is -0.597. The van der Waals surface area contributed by atoms with Crippen molar-refractivity contribution in [1.29, 1.82) is 0 Å². The Morgan fingerprint density at radius 3 is 2.42 bits per heavy atom. The fourth-order valence-electron chi connectivity index (χ4n) is 8.09. The van der Waals surface area contributed by atoms with Crippen LogP contribution in [0.25, 0.3) is 0 Å². The molecule has 3 heteroatoms. The molecule has 176 valence electrons. The first kappa shape index (κ1) is 23.5. The summed E-state index contributed by atoms with van der Waals surface area (Å²) in [6, 6.07) is 0. The van der Waals surface area contributed by atoms with Crippen LogP contribution in [0.5, 0.6) is 0 Å². The highest BCUT2D eigenvalue weighted by Crippen LogP contribution is 2.66. The lowest BCUT2D eigenvalue weighted by molar-refractivity contribution is -0.0547. The van der Waals surface area contributed by atoms with E-state index in [0.29, 0.717) is 35.5 Å². The number of hydrogen-bond acceptors (Lipinski definition) is 3. The van der Waals surface area contributed by atoms with Gasteiger partial charge in [0.25, 0.3) is 0 Å². The van der Waals surface area contributed by atoms with E-state index >= 15 is 0 Å². The molecule has 3 nitrogen and oxygen atoms in total. The van der Waals surface area contributed by atoms with Gasteiger partial charge in [-0.05, 0) is 87.4 Å². The summed E-state index contributed by atoms with van der Waals surface area (Å²) in [6.45, 7) is 13.3. The van der Waals surface area contributed by atoms with E-state index in [9.17, 15) is 15.3 Å². The molecule has 4 aliphatic carbocycles. The minimum Gasteiger partial charge on any atom is -0.393 e. The van der Waals surface area contributed by atoms with Crippen molar-refractivity contribution in [3.05, 3.63) is 23.3 Å². The lowest BCUT2D eigenvalue weighted by Crippen LogP contribution is -2.52. The van der Waals surface area contributed by atoms with E-state index in [0.717, 1.165) is 25.2 Å². The van der Waals surface area contributed by atoms with Gasteiger partial charge in [-0.3, -0.25) is 0 Å². The topological polar surface area (TPSA) is 60.7 Å². The van der Waals surface area contributed by atoms with Crippen LogP contribution in [0.1, 0.15) is 92.9 Å². The van der Waals surface area contributed by atoms with Crippen molar-refractivity contribution in [3.8, 4) is 0 Å². The molecule has 0 bridgehead atoms. The maximum Gasteiger partial charge on any atom is 0.0661 e. The molecular formula is C28H46O3. The SMILES string of the molecule is CC(CCC(C)C(C)(C)O)C1CCC2C3=CC=C4C[C@@H](O)C[C@H](O)C4(C)C3CCC21C. The fraction of sp³-hybridized carbons (Fsp3) is 0.857. The average Bonchev–Trinajstić information content (AvgIpc) is 3.03. The minimum absolute atomic E-state index is 0.198. The van der Waals surface area contributed by atoms with Gasteiger partial charge in [0.15, 0.2) is 0 Å². The van der Waals surface area contributed by atoms with E-state index < -0.39 is 17.8 Å². The first-order valence-corrected chi connectivity index (χ1v) is 12.9. The zero-order valence-corrected chi connectivity index (χ0v) is 20.7. The number of fused-ring (bicyclic) bond motifs is 5. The normalized spacial score (nSPS) is 44.5. The second kappa shape index (κ2) is 7.99. The Kier molecular flexibility index (Phi) is 6.06. The van der Waals surface area contributed by atoms with Gasteiger partial charge in [-0.1, -0.05) is 57.4 Å². The van der Waals surface area contributed by atoms with Crippen molar-refractivity contribution in [2.24, 2.45) is 40.4 Å². The zero-order valence-electron chi connectivity index (χ0n) is 20.7. The first-order chi connectivity index (χ1) is 14.4. The van der Waals surface area contributed by atoms with Crippen molar-refractivity contribution in [2.75, 3.05) is 0 Å². The number of allylic oxidation sites excluding steroid dienone is 3. The highest BCUT2D eigenvalue weighted by molar-refractivity contribution is 5.40. The number of hydrogen-bond donors (Lipinski definition) is 3. The number of rotatable bonds is 5. The molecule has 0 aromatic rings. The third-order valence-electron chi connectivity index (χ3n) is 10.7. The monoisotopic (exact) mass is 430 g/mol. The second-order valence-electron chi connectivity index (χ2n) is 12.7. The molecule has 0 aliphatic heterocycles. The molecule has 0 amide bonds. The molecule has 0 aromatic carbocycles. The summed E-state index contributed by atoms with van der Waals surface area (Å²) in [4.78, 5) is 0. The van der Waals surface area contributed by atoms with Crippen LogP contribution in [-0.2, 0) is 0 Å². The van der Waals surface area contributed by atoms with Crippen LogP contribution in [0.3, 0.4) is 0 Å². The molecule has 31 heavy (non-hydrogen) atoms. The Bertz CT molecular complexity index is 746. The maximum atomic E-state index is 11.1. The molecule has 3 N–H and O–H groups in total. The lowest BCUT2D eigenvalue weighted by atomic mass is 9.49. The van der Waals surface area contributed by atoms with Crippen molar-refractivity contribution in [1.82, 2.24) is 0 Å². The molecule has 3 fully saturated rings. The second-order valence-corrected chi connectivity index (χ2v) is 12.7. The summed E-state index contributed by atoms with van der Waals surface area (Å²) < 4.78 is 0. The van der Waals surface area contributed by atoms with Crippen LogP contribution in [-0.4, -0.2) is 33.1 Å². The van der Waals surface area contributed by atoms with Crippen molar-refractivity contribution >= 4 is 0 Å². The van der Waals surface area contributed by atoms with Crippen LogP contribution < -0.4 is 0 Å². The van der Waals surface area contributed by atoms with Crippen molar-refractivity contribution in [3.63, 3.8) is 0 Å². The fourth-order valence-corrected chi connectivity index (χ4v) is 8.09. The molecule has 7 unspecified atom stereocenters. The van der Waals surface area contributed by atoms with Crippen molar-refractivity contribution < 1.29 is 15.3 Å². The molecule has 0 heterocycles. The van der Waals surface area contributed by atoms with E-state index in [1.807, 2.05) is 13.8 Å². The number of aliphatic hydroxyl groups excluding tert-OH is 2. The highest BCUT2D eigenvalue weighted by atomic mass is 16.3. The third kappa shape index (κ3) is 3.77. The summed E-state index contributed by atoms with van der Waals surface area (Å²) >= 11 is 0. The van der Waals surface area contributed by atoms with Crippen LogP contribution in [0.2, 0.25) is 0 Å². The largest absolute Gasteiger partial charge is 0.393 e. The van der Waals surface area contributed by atoms with Gasteiger partial charge in [-0.2, -0.15) is 0 Å². The van der Waals surface area contributed by atoms with E-state index in [2.05, 4.69) is 39.8 Å². The van der Waals surface area contributed by atoms with Crippen LogP contribution >= 0.6 is 0 Å². The molecule has 0 aromatic heterocycles. The molecule has 9 atom stereocenters. The molecule has 3 saturated carbocycles. The van der Waals surface area contributed by atoms with Gasteiger partial charge < -0.3 is 15.3 Å². The molecule has 4 aliphatic rings. The van der Waals surface area contributed by atoms with Gasteiger partial charge in [0.1, 0.15) is 0 Å². The van der Waals surface area contributed by atoms with Gasteiger partial charge in [0, 0.05) is 11.8 Å². The Morgan fingerprint density at radius 1 is 1.03 bits per heavy atom. The Hall–Kier alpha value is -0.640. The van der Waals surface area contributed by atoms with E-state index in [1.165, 1.54) is 31.3 Å². The average molecular weight is 431 g/mol. The number of aliphatic hydroxyl groups is 3. The molecule has 4 rings (SSSR count). The molecule has 0 spiro atoms. The quantitative estimate of drug-likeness (QED) is 0.529. The van der Waals surface area contributed by atoms with Gasteiger partial charge in [-0.25, -0.2) is 0 Å². The third-order valence-corrected chi connectivity index (χ3v) is 10.7.